The van der Waals surface area contributed by atoms with Crippen LogP contribution in [0, 0.1) is 0 Å². The molecule has 2 nitrogen and oxygen atoms in total. The predicted octanol–water partition coefficient (Wildman–Crippen LogP) is 3.59. The summed E-state index contributed by atoms with van der Waals surface area (Å²) in [4.78, 5) is 0. The Hall–Kier alpha value is -0.110. The van der Waals surface area contributed by atoms with Gasteiger partial charge in [-0.25, -0.2) is 0 Å². The van der Waals surface area contributed by atoms with Gasteiger partial charge in [-0.15, -0.1) is 0 Å². The molecule has 0 aromatic heterocycles. The van der Waals surface area contributed by atoms with E-state index in [2.05, 4.69) is 22.9 Å². The summed E-state index contributed by atoms with van der Waals surface area (Å²) in [5.41, 5.74) is -0.305. The van der Waals surface area contributed by atoms with Crippen molar-refractivity contribution in [2.45, 2.75) is 30.4 Å². The van der Waals surface area contributed by atoms with E-state index in [-0.39, 0.29) is 10.2 Å². The van der Waals surface area contributed by atoms with Crippen LogP contribution >= 0.6 is 23.1 Å². The molecule has 1 fully saturated rings. The molecule has 0 N–H and O–H groups in total. The molecule has 0 saturated carbocycles. The molecule has 1 aliphatic heterocycles. The minimum absolute atomic E-state index is 0.0788. The van der Waals surface area contributed by atoms with E-state index < -0.39 is 7.14 Å². The van der Waals surface area contributed by atoms with Crippen molar-refractivity contribution in [1.82, 2.24) is 0 Å². The molecule has 1 aliphatic rings. The highest BCUT2D eigenvalue weighted by Gasteiger charge is 2.52. The first-order valence-corrected chi connectivity index (χ1v) is 8.83. The summed E-state index contributed by atoms with van der Waals surface area (Å²) in [5, 5.41) is 0.963. The Morgan fingerprint density at radius 3 is 2.71 bits per heavy atom. The first-order chi connectivity index (χ1) is 8.03. The van der Waals surface area contributed by atoms with Crippen molar-refractivity contribution < 1.29 is 9.30 Å². The fourth-order valence-corrected chi connectivity index (χ4v) is 7.44. The molecule has 0 bridgehead atoms. The van der Waals surface area contributed by atoms with Crippen molar-refractivity contribution >= 4 is 28.4 Å². The zero-order valence-corrected chi connectivity index (χ0v) is 12.7. The lowest BCUT2D eigenvalue weighted by atomic mass is 10.1. The van der Waals surface area contributed by atoms with Crippen LogP contribution in [0.4, 0.5) is 0 Å². The van der Waals surface area contributed by atoms with Gasteiger partial charge in [-0.3, -0.25) is 0 Å². The SMILES string of the molecule is CCOC1(C)CCP(=O)(c2ccccc2)C1Br. The van der Waals surface area contributed by atoms with E-state index in [4.69, 9.17) is 4.74 Å². The molecule has 1 aromatic rings. The van der Waals surface area contributed by atoms with Crippen LogP contribution in [-0.2, 0) is 9.30 Å². The van der Waals surface area contributed by atoms with Crippen LogP contribution in [0.2, 0.25) is 0 Å². The van der Waals surface area contributed by atoms with E-state index in [0.29, 0.717) is 6.61 Å². The van der Waals surface area contributed by atoms with Gasteiger partial charge in [0.2, 0.25) is 0 Å². The Kier molecular flexibility index (Phi) is 3.82. The Bertz CT molecular complexity index is 434. The molecule has 17 heavy (non-hydrogen) atoms. The largest absolute Gasteiger partial charge is 0.374 e. The highest BCUT2D eigenvalue weighted by molar-refractivity contribution is 9.11. The molecule has 0 amide bonds. The summed E-state index contributed by atoms with van der Waals surface area (Å²) in [6, 6.07) is 9.78. The summed E-state index contributed by atoms with van der Waals surface area (Å²) >= 11 is 3.63. The second-order valence-corrected chi connectivity index (χ2v) is 9.38. The minimum Gasteiger partial charge on any atom is -0.374 e. The monoisotopic (exact) mass is 316 g/mol. The van der Waals surface area contributed by atoms with Gasteiger partial charge in [-0.05, 0) is 20.3 Å². The second kappa shape index (κ2) is 4.87. The maximum absolute atomic E-state index is 13.1. The number of hydrogen-bond donors (Lipinski definition) is 0. The lowest BCUT2D eigenvalue weighted by Crippen LogP contribution is -2.34. The van der Waals surface area contributed by atoms with E-state index in [9.17, 15) is 4.57 Å². The number of ether oxygens (including phenoxy) is 1. The van der Waals surface area contributed by atoms with Gasteiger partial charge in [-0.1, -0.05) is 46.3 Å². The molecule has 0 aliphatic carbocycles. The van der Waals surface area contributed by atoms with Crippen LogP contribution in [0.25, 0.3) is 0 Å². The quantitative estimate of drug-likeness (QED) is 0.629. The first-order valence-electron chi connectivity index (χ1n) is 5.95. The number of rotatable bonds is 3. The van der Waals surface area contributed by atoms with Crippen LogP contribution < -0.4 is 5.30 Å². The Labute approximate surface area is 111 Å². The third kappa shape index (κ3) is 2.25. The van der Waals surface area contributed by atoms with Crippen LogP contribution in [0.5, 0.6) is 0 Å². The zero-order valence-electron chi connectivity index (χ0n) is 10.2. The third-order valence-corrected chi connectivity index (χ3v) is 9.77. The van der Waals surface area contributed by atoms with Crippen LogP contribution in [0.15, 0.2) is 30.3 Å². The Morgan fingerprint density at radius 1 is 1.47 bits per heavy atom. The minimum atomic E-state index is -2.37. The normalized spacial score (nSPS) is 37.2. The molecule has 4 heteroatoms. The Balaban J connectivity index is 2.33. The first kappa shape index (κ1) is 13.3. The van der Waals surface area contributed by atoms with Crippen LogP contribution in [0.1, 0.15) is 20.3 Å². The average molecular weight is 317 g/mol. The molecule has 1 aromatic carbocycles. The van der Waals surface area contributed by atoms with Crippen molar-refractivity contribution in [2.24, 2.45) is 0 Å². The molecular formula is C13H18BrO2P. The fraction of sp³-hybridized carbons (Fsp3) is 0.538. The third-order valence-electron chi connectivity index (χ3n) is 3.48. The fourth-order valence-electron chi connectivity index (χ4n) is 2.47. The second-order valence-electron chi connectivity index (χ2n) is 4.69. The van der Waals surface area contributed by atoms with Gasteiger partial charge in [0.15, 0.2) is 0 Å². The summed E-state index contributed by atoms with van der Waals surface area (Å²) in [6.07, 6.45) is 1.58. The zero-order chi connectivity index (χ0) is 12.5. The van der Waals surface area contributed by atoms with E-state index >= 15 is 0 Å². The molecule has 94 valence electrons. The maximum atomic E-state index is 13.1. The Morgan fingerprint density at radius 2 is 2.12 bits per heavy atom. The van der Waals surface area contributed by atoms with Gasteiger partial charge < -0.3 is 9.30 Å². The van der Waals surface area contributed by atoms with Crippen molar-refractivity contribution in [3.8, 4) is 0 Å². The van der Waals surface area contributed by atoms with Gasteiger partial charge in [0.25, 0.3) is 0 Å². The molecule has 0 radical (unpaired) electrons. The van der Waals surface area contributed by atoms with Crippen molar-refractivity contribution in [3.05, 3.63) is 30.3 Å². The number of benzene rings is 1. The summed E-state index contributed by atoms with van der Waals surface area (Å²) < 4.78 is 18.8. The summed E-state index contributed by atoms with van der Waals surface area (Å²) in [5.74, 6) is 0. The van der Waals surface area contributed by atoms with Crippen molar-refractivity contribution in [1.29, 1.82) is 0 Å². The topological polar surface area (TPSA) is 26.3 Å². The van der Waals surface area contributed by atoms with E-state index in [1.54, 1.807) is 0 Å². The molecule has 2 rings (SSSR count). The van der Waals surface area contributed by atoms with Crippen molar-refractivity contribution in [3.63, 3.8) is 0 Å². The highest BCUT2D eigenvalue weighted by atomic mass is 79.9. The van der Waals surface area contributed by atoms with E-state index in [0.717, 1.165) is 17.9 Å². The number of hydrogen-bond acceptors (Lipinski definition) is 2. The van der Waals surface area contributed by atoms with Crippen molar-refractivity contribution in [2.75, 3.05) is 12.8 Å². The molecule has 0 spiro atoms. The lowest BCUT2D eigenvalue weighted by molar-refractivity contribution is -0.00849. The summed E-state index contributed by atoms with van der Waals surface area (Å²) in [7, 11) is -2.37. The molecule has 1 heterocycles. The smallest absolute Gasteiger partial charge is 0.131 e. The molecule has 3 unspecified atom stereocenters. The van der Waals surface area contributed by atoms with Gasteiger partial charge in [0.1, 0.15) is 11.7 Å². The standard InChI is InChI=1S/C13H18BrO2P/c1-3-16-13(2)9-10-17(15,12(13)14)11-7-5-4-6-8-11/h4-8,12H,3,9-10H2,1-2H3. The predicted molar refractivity (Wildman–Crippen MR) is 75.9 cm³/mol. The van der Waals surface area contributed by atoms with E-state index in [1.165, 1.54) is 0 Å². The van der Waals surface area contributed by atoms with Gasteiger partial charge in [0, 0.05) is 18.1 Å². The van der Waals surface area contributed by atoms with E-state index in [1.807, 2.05) is 37.3 Å². The number of alkyl halides is 1. The van der Waals surface area contributed by atoms with Gasteiger partial charge in [0.05, 0.1) is 5.60 Å². The van der Waals surface area contributed by atoms with Crippen LogP contribution in [0.3, 0.4) is 0 Å². The molecule has 3 atom stereocenters. The molecular weight excluding hydrogens is 299 g/mol. The van der Waals surface area contributed by atoms with Gasteiger partial charge >= 0.3 is 0 Å². The average Bonchev–Trinajstić information content (AvgIpc) is 2.57. The highest BCUT2D eigenvalue weighted by Crippen LogP contribution is 2.63. The lowest BCUT2D eigenvalue weighted by Gasteiger charge is -2.29. The summed E-state index contributed by atoms with van der Waals surface area (Å²) in [6.45, 7) is 4.70. The number of halogens is 1. The van der Waals surface area contributed by atoms with Crippen LogP contribution in [-0.4, -0.2) is 22.9 Å². The van der Waals surface area contributed by atoms with Gasteiger partial charge in [-0.2, -0.15) is 0 Å². The molecule has 1 saturated heterocycles. The maximum Gasteiger partial charge on any atom is 0.131 e.